The molecule has 0 atom stereocenters. The molecule has 0 fully saturated rings. The van der Waals surface area contributed by atoms with Crippen molar-refractivity contribution in [1.82, 2.24) is 0 Å². The van der Waals surface area contributed by atoms with Crippen molar-refractivity contribution >= 4 is 35.2 Å². The van der Waals surface area contributed by atoms with Crippen molar-refractivity contribution < 1.29 is 32.6 Å². The maximum atomic E-state index is 12.4. The standard InChI is InChI=1S/C19H14ClF2NO5/c20-13-5-6-15-11(8-13)7-12(9-26-15)18(25)27-10-17(24)23-14-3-1-2-4-16(14)28-19(21)22/h1-8,19H,9-10H2,(H,23,24). The van der Waals surface area contributed by atoms with Gasteiger partial charge < -0.3 is 19.5 Å². The third kappa shape index (κ3) is 4.98. The van der Waals surface area contributed by atoms with Crippen molar-refractivity contribution in [3.63, 3.8) is 0 Å². The molecule has 6 nitrogen and oxygen atoms in total. The molecule has 0 radical (unpaired) electrons. The molecule has 28 heavy (non-hydrogen) atoms. The molecular formula is C19H14ClF2NO5. The predicted molar refractivity (Wildman–Crippen MR) is 97.6 cm³/mol. The lowest BCUT2D eigenvalue weighted by molar-refractivity contribution is -0.143. The summed E-state index contributed by atoms with van der Waals surface area (Å²) in [5, 5.41) is 2.84. The van der Waals surface area contributed by atoms with E-state index in [4.69, 9.17) is 21.1 Å². The van der Waals surface area contributed by atoms with E-state index in [-0.39, 0.29) is 23.6 Å². The van der Waals surface area contributed by atoms with Gasteiger partial charge in [0.1, 0.15) is 18.1 Å². The van der Waals surface area contributed by atoms with Gasteiger partial charge >= 0.3 is 12.6 Å². The number of benzene rings is 2. The third-order valence-corrected chi connectivity index (χ3v) is 3.89. The first-order valence-corrected chi connectivity index (χ1v) is 8.44. The van der Waals surface area contributed by atoms with Gasteiger partial charge in [-0.15, -0.1) is 0 Å². The monoisotopic (exact) mass is 409 g/mol. The fourth-order valence-corrected chi connectivity index (χ4v) is 2.63. The van der Waals surface area contributed by atoms with Gasteiger partial charge in [-0.1, -0.05) is 23.7 Å². The molecule has 0 aromatic heterocycles. The number of alkyl halides is 2. The number of nitrogens with one attached hydrogen (secondary N) is 1. The molecule has 9 heteroatoms. The van der Waals surface area contributed by atoms with E-state index in [1.807, 2.05) is 0 Å². The maximum Gasteiger partial charge on any atom is 0.387 e. The minimum absolute atomic E-state index is 0.0137. The molecule has 1 heterocycles. The van der Waals surface area contributed by atoms with Gasteiger partial charge in [-0.25, -0.2) is 4.79 Å². The summed E-state index contributed by atoms with van der Waals surface area (Å²) in [7, 11) is 0. The van der Waals surface area contributed by atoms with E-state index < -0.39 is 25.1 Å². The number of anilines is 1. The Morgan fingerprint density at radius 3 is 2.79 bits per heavy atom. The van der Waals surface area contributed by atoms with Crippen LogP contribution in [-0.4, -0.2) is 31.7 Å². The quantitative estimate of drug-likeness (QED) is 0.732. The number of esters is 1. The van der Waals surface area contributed by atoms with Gasteiger partial charge in [0.05, 0.1) is 11.3 Å². The van der Waals surface area contributed by atoms with Crippen LogP contribution in [0.15, 0.2) is 48.0 Å². The van der Waals surface area contributed by atoms with Gasteiger partial charge in [-0.05, 0) is 36.4 Å². The highest BCUT2D eigenvalue weighted by molar-refractivity contribution is 6.30. The summed E-state index contributed by atoms with van der Waals surface area (Å²) in [6, 6.07) is 10.7. The van der Waals surface area contributed by atoms with Crippen LogP contribution in [0.25, 0.3) is 6.08 Å². The van der Waals surface area contributed by atoms with Crippen LogP contribution in [0.4, 0.5) is 14.5 Å². The van der Waals surface area contributed by atoms with Gasteiger partial charge in [-0.3, -0.25) is 4.79 Å². The number of carbonyl (C=O) groups excluding carboxylic acids is 2. The molecule has 2 aromatic carbocycles. The summed E-state index contributed by atoms with van der Waals surface area (Å²) in [5.74, 6) is -1.07. The van der Waals surface area contributed by atoms with E-state index in [0.29, 0.717) is 16.3 Å². The number of para-hydroxylation sites is 2. The Morgan fingerprint density at radius 2 is 2.00 bits per heavy atom. The number of halogens is 3. The summed E-state index contributed by atoms with van der Waals surface area (Å²) < 4.78 is 39.5. The van der Waals surface area contributed by atoms with E-state index in [0.717, 1.165) is 0 Å². The van der Waals surface area contributed by atoms with Crippen LogP contribution in [0, 0.1) is 0 Å². The summed E-state index contributed by atoms with van der Waals surface area (Å²) in [5.41, 5.74) is 0.866. The van der Waals surface area contributed by atoms with Crippen LogP contribution in [-0.2, 0) is 14.3 Å². The van der Waals surface area contributed by atoms with Gasteiger partial charge in [0.25, 0.3) is 5.91 Å². The Morgan fingerprint density at radius 1 is 1.21 bits per heavy atom. The van der Waals surface area contributed by atoms with Crippen molar-refractivity contribution in [1.29, 1.82) is 0 Å². The first kappa shape index (κ1) is 19.6. The van der Waals surface area contributed by atoms with Crippen LogP contribution in [0.2, 0.25) is 5.02 Å². The highest BCUT2D eigenvalue weighted by Gasteiger charge is 2.20. The smallest absolute Gasteiger partial charge is 0.387 e. The minimum Gasteiger partial charge on any atom is -0.488 e. The molecule has 1 amide bonds. The lowest BCUT2D eigenvalue weighted by Crippen LogP contribution is -2.24. The summed E-state index contributed by atoms with van der Waals surface area (Å²) >= 11 is 5.92. The zero-order valence-electron chi connectivity index (χ0n) is 14.3. The highest BCUT2D eigenvalue weighted by atomic mass is 35.5. The summed E-state index contributed by atoms with van der Waals surface area (Å²) in [6.07, 6.45) is 1.57. The second-order valence-corrected chi connectivity index (χ2v) is 6.08. The molecule has 0 saturated heterocycles. The Kier molecular flexibility index (Phi) is 6.10. The van der Waals surface area contributed by atoms with E-state index >= 15 is 0 Å². The number of carbonyl (C=O) groups is 2. The topological polar surface area (TPSA) is 73.9 Å². The number of rotatable bonds is 6. The molecule has 1 aliphatic heterocycles. The van der Waals surface area contributed by atoms with Gasteiger partial charge in [0.2, 0.25) is 0 Å². The predicted octanol–water partition coefficient (Wildman–Crippen LogP) is 3.90. The van der Waals surface area contributed by atoms with Crippen molar-refractivity contribution in [2.24, 2.45) is 0 Å². The van der Waals surface area contributed by atoms with E-state index in [1.165, 1.54) is 24.3 Å². The van der Waals surface area contributed by atoms with Gasteiger partial charge in [0, 0.05) is 10.6 Å². The van der Waals surface area contributed by atoms with Crippen molar-refractivity contribution in [2.45, 2.75) is 6.61 Å². The molecule has 0 saturated carbocycles. The second kappa shape index (κ2) is 8.71. The van der Waals surface area contributed by atoms with Crippen LogP contribution in [0.3, 0.4) is 0 Å². The molecule has 0 spiro atoms. The molecule has 146 valence electrons. The first-order chi connectivity index (χ1) is 13.4. The molecule has 0 aliphatic carbocycles. The number of fused-ring (bicyclic) bond motifs is 1. The number of ether oxygens (including phenoxy) is 3. The zero-order chi connectivity index (χ0) is 20.1. The average Bonchev–Trinajstić information content (AvgIpc) is 2.66. The number of hydrogen-bond donors (Lipinski definition) is 1. The molecule has 1 N–H and O–H groups in total. The molecule has 2 aromatic rings. The van der Waals surface area contributed by atoms with Crippen molar-refractivity contribution in [3.8, 4) is 11.5 Å². The second-order valence-electron chi connectivity index (χ2n) is 5.64. The third-order valence-electron chi connectivity index (χ3n) is 3.66. The Bertz CT molecular complexity index is 932. The van der Waals surface area contributed by atoms with Gasteiger partial charge in [-0.2, -0.15) is 8.78 Å². The van der Waals surface area contributed by atoms with Crippen LogP contribution in [0.5, 0.6) is 11.5 Å². The Hall–Kier alpha value is -3.13. The van der Waals surface area contributed by atoms with Crippen molar-refractivity contribution in [2.75, 3.05) is 18.5 Å². The number of amides is 1. The first-order valence-electron chi connectivity index (χ1n) is 8.06. The molecule has 0 bridgehead atoms. The van der Waals surface area contributed by atoms with E-state index in [1.54, 1.807) is 24.3 Å². The average molecular weight is 410 g/mol. The fraction of sp³-hybridized carbons (Fsp3) is 0.158. The van der Waals surface area contributed by atoms with Gasteiger partial charge in [0.15, 0.2) is 6.61 Å². The maximum absolute atomic E-state index is 12.4. The Labute approximate surface area is 163 Å². The van der Waals surface area contributed by atoms with E-state index in [2.05, 4.69) is 10.1 Å². The normalized spacial score (nSPS) is 12.5. The van der Waals surface area contributed by atoms with E-state index in [9.17, 15) is 18.4 Å². The fourth-order valence-electron chi connectivity index (χ4n) is 2.45. The summed E-state index contributed by atoms with van der Waals surface area (Å²) in [6.45, 7) is -3.66. The van der Waals surface area contributed by atoms with Crippen LogP contribution >= 0.6 is 11.6 Å². The minimum atomic E-state index is -3.04. The molecule has 1 aliphatic rings. The highest BCUT2D eigenvalue weighted by Crippen LogP contribution is 2.29. The molecule has 0 unspecified atom stereocenters. The van der Waals surface area contributed by atoms with Crippen LogP contribution < -0.4 is 14.8 Å². The lowest BCUT2D eigenvalue weighted by atomic mass is 10.1. The largest absolute Gasteiger partial charge is 0.488 e. The molecule has 3 rings (SSSR count). The van der Waals surface area contributed by atoms with Crippen molar-refractivity contribution in [3.05, 3.63) is 58.6 Å². The molecular weight excluding hydrogens is 396 g/mol. The summed E-state index contributed by atoms with van der Waals surface area (Å²) in [4.78, 5) is 24.1. The van der Waals surface area contributed by atoms with Crippen LogP contribution in [0.1, 0.15) is 5.56 Å². The SMILES string of the molecule is O=C(COC(=O)C1=Cc2cc(Cl)ccc2OC1)Nc1ccccc1OC(F)F. The lowest BCUT2D eigenvalue weighted by Gasteiger charge is -2.17. The number of hydrogen-bond acceptors (Lipinski definition) is 5. The zero-order valence-corrected chi connectivity index (χ0v) is 15.0. The Balaban J connectivity index is 1.59.